The van der Waals surface area contributed by atoms with Crippen molar-refractivity contribution < 1.29 is 9.59 Å². The van der Waals surface area contributed by atoms with E-state index in [-0.39, 0.29) is 23.1 Å². The first-order chi connectivity index (χ1) is 14.6. The number of benzene rings is 2. The molecule has 6 heteroatoms. The Labute approximate surface area is 175 Å². The zero-order valence-electron chi connectivity index (χ0n) is 17.0. The van der Waals surface area contributed by atoms with Crippen molar-refractivity contribution in [2.24, 2.45) is 7.05 Å². The standard InChI is InChI=1S/C24H24N4O2/c1-28-14-21(23(29)25-19-10-8-15-4-2-6-17(15)12-19)22(27-28)24(30)26-20-11-9-16-5-3-7-18(16)13-20/h8-14H,2-7H2,1H3,(H,25,29)(H,26,30). The summed E-state index contributed by atoms with van der Waals surface area (Å²) >= 11 is 0. The number of nitrogens with one attached hydrogen (secondary N) is 2. The molecule has 1 heterocycles. The van der Waals surface area contributed by atoms with Gasteiger partial charge in [0.05, 0.1) is 5.56 Å². The van der Waals surface area contributed by atoms with Gasteiger partial charge < -0.3 is 10.6 Å². The van der Waals surface area contributed by atoms with Gasteiger partial charge in [0.15, 0.2) is 5.69 Å². The van der Waals surface area contributed by atoms with E-state index in [0.29, 0.717) is 0 Å². The normalized spacial score (nSPS) is 14.3. The van der Waals surface area contributed by atoms with Crippen LogP contribution >= 0.6 is 0 Å². The number of amides is 2. The Morgan fingerprint density at radius 2 is 1.33 bits per heavy atom. The third kappa shape index (κ3) is 3.49. The highest BCUT2D eigenvalue weighted by Crippen LogP contribution is 2.26. The van der Waals surface area contributed by atoms with Gasteiger partial charge in [-0.3, -0.25) is 14.3 Å². The average Bonchev–Trinajstić information content (AvgIpc) is 3.46. The summed E-state index contributed by atoms with van der Waals surface area (Å²) in [5, 5.41) is 10.1. The molecule has 0 saturated carbocycles. The van der Waals surface area contributed by atoms with E-state index in [4.69, 9.17) is 0 Å². The van der Waals surface area contributed by atoms with Gasteiger partial charge in [-0.1, -0.05) is 12.1 Å². The van der Waals surface area contributed by atoms with E-state index in [1.165, 1.54) is 26.9 Å². The molecule has 2 amide bonds. The number of aromatic nitrogens is 2. The molecule has 5 rings (SSSR count). The van der Waals surface area contributed by atoms with E-state index in [1.807, 2.05) is 24.3 Å². The van der Waals surface area contributed by atoms with Gasteiger partial charge in [-0.25, -0.2) is 0 Å². The van der Waals surface area contributed by atoms with Crippen molar-refractivity contribution in [1.82, 2.24) is 9.78 Å². The molecule has 2 aliphatic rings. The molecule has 0 saturated heterocycles. The molecular weight excluding hydrogens is 376 g/mol. The highest BCUT2D eigenvalue weighted by atomic mass is 16.2. The van der Waals surface area contributed by atoms with Crippen LogP contribution in [0.1, 0.15) is 55.9 Å². The molecule has 0 aliphatic heterocycles. The van der Waals surface area contributed by atoms with Gasteiger partial charge >= 0.3 is 0 Å². The maximum atomic E-state index is 12.9. The summed E-state index contributed by atoms with van der Waals surface area (Å²) in [5.41, 5.74) is 7.13. The van der Waals surface area contributed by atoms with Crippen LogP contribution in [-0.4, -0.2) is 21.6 Å². The van der Waals surface area contributed by atoms with E-state index in [2.05, 4.69) is 27.9 Å². The van der Waals surface area contributed by atoms with Gasteiger partial charge in [0, 0.05) is 24.6 Å². The predicted octanol–water partition coefficient (Wildman–Crippen LogP) is 3.90. The van der Waals surface area contributed by atoms with Gasteiger partial charge in [0.25, 0.3) is 11.8 Å². The van der Waals surface area contributed by atoms with Crippen molar-refractivity contribution in [2.45, 2.75) is 38.5 Å². The van der Waals surface area contributed by atoms with Crippen LogP contribution in [0.2, 0.25) is 0 Å². The highest BCUT2D eigenvalue weighted by Gasteiger charge is 2.23. The second-order valence-electron chi connectivity index (χ2n) is 8.15. The minimum absolute atomic E-state index is 0.122. The second kappa shape index (κ2) is 7.44. The van der Waals surface area contributed by atoms with Crippen LogP contribution in [0.3, 0.4) is 0 Å². The van der Waals surface area contributed by atoms with Crippen molar-refractivity contribution in [3.8, 4) is 0 Å². The molecule has 1 aromatic heterocycles. The third-order valence-electron chi connectivity index (χ3n) is 6.00. The van der Waals surface area contributed by atoms with Gasteiger partial charge in [0.1, 0.15) is 0 Å². The number of nitrogens with zero attached hydrogens (tertiary/aromatic N) is 2. The number of anilines is 2. The van der Waals surface area contributed by atoms with E-state index in [9.17, 15) is 9.59 Å². The lowest BCUT2D eigenvalue weighted by Crippen LogP contribution is -2.19. The van der Waals surface area contributed by atoms with Crippen molar-refractivity contribution in [3.05, 3.63) is 76.1 Å². The van der Waals surface area contributed by atoms with Gasteiger partial charge in [-0.2, -0.15) is 5.10 Å². The first-order valence-corrected chi connectivity index (χ1v) is 10.5. The van der Waals surface area contributed by atoms with Crippen LogP contribution in [0.15, 0.2) is 42.6 Å². The molecule has 2 aliphatic carbocycles. The molecule has 0 bridgehead atoms. The Morgan fingerprint density at radius 1 is 0.800 bits per heavy atom. The molecule has 0 atom stereocenters. The van der Waals surface area contributed by atoms with Crippen molar-refractivity contribution in [3.63, 3.8) is 0 Å². The number of aryl methyl sites for hydroxylation is 5. The topological polar surface area (TPSA) is 76.0 Å². The number of carbonyl (C=O) groups is 2. The van der Waals surface area contributed by atoms with Gasteiger partial charge in [-0.15, -0.1) is 0 Å². The molecular formula is C24H24N4O2. The second-order valence-corrected chi connectivity index (χ2v) is 8.15. The largest absolute Gasteiger partial charge is 0.322 e. The smallest absolute Gasteiger partial charge is 0.276 e. The van der Waals surface area contributed by atoms with E-state index < -0.39 is 0 Å². The summed E-state index contributed by atoms with van der Waals surface area (Å²) in [4.78, 5) is 25.8. The monoisotopic (exact) mass is 400 g/mol. The minimum Gasteiger partial charge on any atom is -0.322 e. The number of fused-ring (bicyclic) bond motifs is 2. The molecule has 0 unspecified atom stereocenters. The molecule has 2 N–H and O–H groups in total. The molecule has 152 valence electrons. The number of carbonyl (C=O) groups excluding carboxylic acids is 2. The maximum Gasteiger partial charge on any atom is 0.276 e. The van der Waals surface area contributed by atoms with Crippen LogP contribution in [0.25, 0.3) is 0 Å². The molecule has 3 aromatic rings. The summed E-state index contributed by atoms with van der Waals surface area (Å²) < 4.78 is 1.50. The summed E-state index contributed by atoms with van der Waals surface area (Å²) in [6, 6.07) is 12.0. The molecule has 0 fully saturated rings. The number of rotatable bonds is 4. The highest BCUT2D eigenvalue weighted by molar-refractivity contribution is 6.14. The molecule has 0 radical (unpaired) electrons. The fraction of sp³-hybridized carbons (Fsp3) is 0.292. The molecule has 6 nitrogen and oxygen atoms in total. The number of hydrogen-bond donors (Lipinski definition) is 2. The summed E-state index contributed by atoms with van der Waals surface area (Å²) in [6.45, 7) is 0. The van der Waals surface area contributed by atoms with Gasteiger partial charge in [-0.05, 0) is 85.0 Å². The van der Waals surface area contributed by atoms with Crippen LogP contribution in [0.4, 0.5) is 11.4 Å². The predicted molar refractivity (Wildman–Crippen MR) is 116 cm³/mol. The first kappa shape index (κ1) is 18.6. The van der Waals surface area contributed by atoms with Crippen molar-refractivity contribution in [1.29, 1.82) is 0 Å². The van der Waals surface area contributed by atoms with Crippen LogP contribution in [0, 0.1) is 0 Å². The van der Waals surface area contributed by atoms with Crippen molar-refractivity contribution >= 4 is 23.2 Å². The summed E-state index contributed by atoms with van der Waals surface area (Å²) in [6.07, 6.45) is 8.16. The summed E-state index contributed by atoms with van der Waals surface area (Å²) in [7, 11) is 1.71. The van der Waals surface area contributed by atoms with E-state index >= 15 is 0 Å². The van der Waals surface area contributed by atoms with Gasteiger partial charge in [0.2, 0.25) is 0 Å². The SMILES string of the molecule is Cn1cc(C(=O)Nc2ccc3c(c2)CCC3)c(C(=O)Nc2ccc3c(c2)CCC3)n1. The lowest BCUT2D eigenvalue weighted by Gasteiger charge is -2.09. The van der Waals surface area contributed by atoms with Crippen molar-refractivity contribution in [2.75, 3.05) is 10.6 Å². The average molecular weight is 400 g/mol. The Kier molecular flexibility index (Phi) is 4.62. The zero-order valence-corrected chi connectivity index (χ0v) is 17.0. The van der Waals surface area contributed by atoms with Crippen LogP contribution in [-0.2, 0) is 32.7 Å². The van der Waals surface area contributed by atoms with Crippen LogP contribution in [0.5, 0.6) is 0 Å². The number of hydrogen-bond acceptors (Lipinski definition) is 3. The third-order valence-corrected chi connectivity index (χ3v) is 6.00. The quantitative estimate of drug-likeness (QED) is 0.697. The Balaban J connectivity index is 1.35. The Hall–Kier alpha value is -3.41. The molecule has 0 spiro atoms. The fourth-order valence-corrected chi connectivity index (χ4v) is 4.51. The first-order valence-electron chi connectivity index (χ1n) is 10.5. The summed E-state index contributed by atoms with van der Waals surface area (Å²) in [5.74, 6) is -0.715. The van der Waals surface area contributed by atoms with Crippen LogP contribution < -0.4 is 10.6 Å². The fourth-order valence-electron chi connectivity index (χ4n) is 4.51. The molecule has 30 heavy (non-hydrogen) atoms. The lowest BCUT2D eigenvalue weighted by molar-refractivity contribution is 0.0988. The zero-order chi connectivity index (χ0) is 20.7. The van der Waals surface area contributed by atoms with E-state index in [1.54, 1.807) is 13.2 Å². The minimum atomic E-state index is -0.382. The Bertz CT molecular complexity index is 1070. The lowest BCUT2D eigenvalue weighted by atomic mass is 10.1. The Morgan fingerprint density at radius 3 is 1.93 bits per heavy atom. The maximum absolute atomic E-state index is 12.9. The van der Waals surface area contributed by atoms with E-state index in [0.717, 1.165) is 49.9 Å². The molecule has 2 aromatic carbocycles.